The number of anilines is 1. The number of benzene rings is 1. The molecule has 1 amide bonds. The highest BCUT2D eigenvalue weighted by atomic mass is 32.2. The van der Waals surface area contributed by atoms with Crippen molar-refractivity contribution in [2.45, 2.75) is 56.1 Å². The quantitative estimate of drug-likeness (QED) is 0.800. The Labute approximate surface area is 142 Å². The number of nitrogens with one attached hydrogen (secondary N) is 1. The van der Waals surface area contributed by atoms with E-state index in [1.54, 1.807) is 11.8 Å². The molecule has 23 heavy (non-hydrogen) atoms. The highest BCUT2D eigenvalue weighted by Gasteiger charge is 2.31. The van der Waals surface area contributed by atoms with Crippen molar-refractivity contribution in [2.75, 3.05) is 5.32 Å². The van der Waals surface area contributed by atoms with Crippen LogP contribution in [-0.4, -0.2) is 21.7 Å². The second-order valence-corrected chi connectivity index (χ2v) is 9.03. The van der Waals surface area contributed by atoms with Gasteiger partial charge in [0.15, 0.2) is 0 Å². The maximum atomic E-state index is 12.3. The van der Waals surface area contributed by atoms with Crippen LogP contribution in [0.3, 0.4) is 0 Å². The molecule has 1 aromatic carbocycles. The Morgan fingerprint density at radius 2 is 1.74 bits per heavy atom. The van der Waals surface area contributed by atoms with E-state index in [2.05, 4.69) is 26.1 Å². The average Bonchev–Trinajstić information content (AvgIpc) is 2.48. The summed E-state index contributed by atoms with van der Waals surface area (Å²) in [5.41, 5.74) is 0.769. The fourth-order valence-corrected chi connectivity index (χ4v) is 3.84. The van der Waals surface area contributed by atoms with Gasteiger partial charge in [-0.05, 0) is 43.5 Å². The van der Waals surface area contributed by atoms with Gasteiger partial charge in [-0.1, -0.05) is 27.2 Å². The summed E-state index contributed by atoms with van der Waals surface area (Å²) < 4.78 is 0.151. The highest BCUT2D eigenvalue weighted by molar-refractivity contribution is 8.00. The van der Waals surface area contributed by atoms with Crippen molar-refractivity contribution in [3.05, 3.63) is 24.3 Å². The van der Waals surface area contributed by atoms with Crippen LogP contribution in [-0.2, 0) is 9.59 Å². The summed E-state index contributed by atoms with van der Waals surface area (Å²) >= 11 is 1.78. The molecule has 0 aromatic heterocycles. The molecule has 0 radical (unpaired) electrons. The summed E-state index contributed by atoms with van der Waals surface area (Å²) in [6.45, 7) is 6.49. The molecule has 0 spiro atoms. The van der Waals surface area contributed by atoms with Gasteiger partial charge in [-0.2, -0.15) is 0 Å². The van der Waals surface area contributed by atoms with Crippen molar-refractivity contribution in [1.29, 1.82) is 0 Å². The van der Waals surface area contributed by atoms with Gasteiger partial charge in [-0.25, -0.2) is 0 Å². The maximum Gasteiger partial charge on any atom is 0.306 e. The average molecular weight is 335 g/mol. The zero-order valence-corrected chi connectivity index (χ0v) is 14.8. The molecule has 2 N–H and O–H groups in total. The van der Waals surface area contributed by atoms with Gasteiger partial charge in [0.25, 0.3) is 0 Å². The molecule has 0 saturated heterocycles. The summed E-state index contributed by atoms with van der Waals surface area (Å²) in [6, 6.07) is 7.83. The predicted molar refractivity (Wildman–Crippen MR) is 93.8 cm³/mol. The lowest BCUT2D eigenvalue weighted by molar-refractivity contribution is -0.143. The van der Waals surface area contributed by atoms with Crippen molar-refractivity contribution in [3.8, 4) is 0 Å². The van der Waals surface area contributed by atoms with Crippen LogP contribution < -0.4 is 5.32 Å². The van der Waals surface area contributed by atoms with E-state index in [-0.39, 0.29) is 22.5 Å². The molecule has 126 valence electrons. The van der Waals surface area contributed by atoms with Gasteiger partial charge >= 0.3 is 5.97 Å². The summed E-state index contributed by atoms with van der Waals surface area (Å²) in [6.07, 6.45) is 2.70. The van der Waals surface area contributed by atoms with Crippen molar-refractivity contribution in [2.24, 2.45) is 11.8 Å². The molecular formula is C18H25NO3S. The molecule has 2 rings (SSSR count). The van der Waals surface area contributed by atoms with E-state index >= 15 is 0 Å². The molecule has 1 aromatic rings. The zero-order chi connectivity index (χ0) is 17.0. The van der Waals surface area contributed by atoms with E-state index in [1.165, 1.54) is 4.90 Å². The predicted octanol–water partition coefficient (Wildman–Crippen LogP) is 4.41. The number of carboxylic acid groups (broad SMARTS) is 1. The van der Waals surface area contributed by atoms with Crippen LogP contribution in [0.2, 0.25) is 0 Å². The first-order chi connectivity index (χ1) is 10.7. The summed E-state index contributed by atoms with van der Waals surface area (Å²) in [5, 5.41) is 12.0. The van der Waals surface area contributed by atoms with Crippen LogP contribution in [0.25, 0.3) is 0 Å². The summed E-state index contributed by atoms with van der Waals surface area (Å²) in [5.74, 6) is -1.43. The molecule has 0 aliphatic heterocycles. The topological polar surface area (TPSA) is 66.4 Å². The number of thioether (sulfide) groups is 1. The van der Waals surface area contributed by atoms with E-state index in [1.807, 2.05) is 24.3 Å². The van der Waals surface area contributed by atoms with Gasteiger partial charge in [0.2, 0.25) is 5.91 Å². The Morgan fingerprint density at radius 1 is 1.13 bits per heavy atom. The van der Waals surface area contributed by atoms with Crippen LogP contribution in [0.5, 0.6) is 0 Å². The first-order valence-corrected chi connectivity index (χ1v) is 8.89. The minimum absolute atomic E-state index is 0.0628. The Kier molecular flexibility index (Phi) is 5.74. The third-order valence-corrected chi connectivity index (χ3v) is 5.06. The fourth-order valence-electron chi connectivity index (χ4n) is 2.86. The molecule has 0 bridgehead atoms. The van der Waals surface area contributed by atoms with E-state index in [9.17, 15) is 9.59 Å². The van der Waals surface area contributed by atoms with E-state index in [0.717, 1.165) is 18.5 Å². The molecule has 2 unspecified atom stereocenters. The molecule has 5 heteroatoms. The lowest BCUT2D eigenvalue weighted by Gasteiger charge is -2.25. The molecule has 4 nitrogen and oxygen atoms in total. The number of rotatable bonds is 4. The Hall–Kier alpha value is -1.49. The first-order valence-electron chi connectivity index (χ1n) is 8.07. The third kappa shape index (κ3) is 5.57. The van der Waals surface area contributed by atoms with Gasteiger partial charge in [0.1, 0.15) is 0 Å². The van der Waals surface area contributed by atoms with Crippen LogP contribution in [0.1, 0.15) is 46.5 Å². The van der Waals surface area contributed by atoms with E-state index in [0.29, 0.717) is 12.8 Å². The van der Waals surface area contributed by atoms with Gasteiger partial charge in [-0.15, -0.1) is 11.8 Å². The molecule has 2 atom stereocenters. The molecule has 1 aliphatic rings. The number of amides is 1. The second-order valence-electron chi connectivity index (χ2n) is 7.13. The zero-order valence-electron chi connectivity index (χ0n) is 14.0. The van der Waals surface area contributed by atoms with Crippen molar-refractivity contribution >= 4 is 29.3 Å². The van der Waals surface area contributed by atoms with E-state index < -0.39 is 5.97 Å². The Bertz CT molecular complexity index is 563. The molecule has 1 aliphatic carbocycles. The maximum absolute atomic E-state index is 12.3. The summed E-state index contributed by atoms with van der Waals surface area (Å²) in [4.78, 5) is 24.6. The number of carbonyl (C=O) groups excluding carboxylic acids is 1. The number of carboxylic acids is 1. The van der Waals surface area contributed by atoms with Crippen molar-refractivity contribution < 1.29 is 14.7 Å². The van der Waals surface area contributed by atoms with Crippen LogP contribution in [0.4, 0.5) is 5.69 Å². The highest BCUT2D eigenvalue weighted by Crippen LogP contribution is 2.33. The Balaban J connectivity index is 1.93. The monoisotopic (exact) mass is 335 g/mol. The lowest BCUT2D eigenvalue weighted by Crippen LogP contribution is -2.30. The number of aliphatic carboxylic acids is 1. The smallest absolute Gasteiger partial charge is 0.306 e. The molecular weight excluding hydrogens is 310 g/mol. The normalized spacial score (nSPS) is 21.7. The van der Waals surface area contributed by atoms with Crippen molar-refractivity contribution in [1.82, 2.24) is 0 Å². The van der Waals surface area contributed by atoms with Gasteiger partial charge in [0.05, 0.1) is 5.92 Å². The number of hydrogen-bond acceptors (Lipinski definition) is 3. The molecule has 1 fully saturated rings. The minimum Gasteiger partial charge on any atom is -0.481 e. The standard InChI is InChI=1S/C18H25NO3S/c1-18(2,3)23-15-9-7-14(8-10-15)19-16(20)12-5-4-6-13(11-12)17(21)22/h7-10,12-13H,4-6,11H2,1-3H3,(H,19,20)(H,21,22). The van der Waals surface area contributed by atoms with Crippen LogP contribution in [0, 0.1) is 11.8 Å². The fraction of sp³-hybridized carbons (Fsp3) is 0.556. The van der Waals surface area contributed by atoms with Gasteiger partial charge in [-0.3, -0.25) is 9.59 Å². The van der Waals surface area contributed by atoms with Gasteiger partial charge in [0, 0.05) is 21.2 Å². The number of hydrogen-bond donors (Lipinski definition) is 2. The summed E-state index contributed by atoms with van der Waals surface area (Å²) in [7, 11) is 0. The third-order valence-electron chi connectivity index (χ3n) is 3.94. The lowest BCUT2D eigenvalue weighted by atomic mass is 9.81. The number of carbonyl (C=O) groups is 2. The van der Waals surface area contributed by atoms with Crippen LogP contribution in [0.15, 0.2) is 29.2 Å². The minimum atomic E-state index is -0.786. The SMILES string of the molecule is CC(C)(C)Sc1ccc(NC(=O)C2CCCC(C(=O)O)C2)cc1. The molecule has 0 heterocycles. The first kappa shape index (κ1) is 17.9. The molecule has 1 saturated carbocycles. The van der Waals surface area contributed by atoms with Gasteiger partial charge < -0.3 is 10.4 Å². The van der Waals surface area contributed by atoms with E-state index in [4.69, 9.17) is 5.11 Å². The Morgan fingerprint density at radius 3 is 2.30 bits per heavy atom. The van der Waals surface area contributed by atoms with Crippen molar-refractivity contribution in [3.63, 3.8) is 0 Å². The second kappa shape index (κ2) is 7.39. The van der Waals surface area contributed by atoms with Crippen LogP contribution >= 0.6 is 11.8 Å². The largest absolute Gasteiger partial charge is 0.481 e.